The van der Waals surface area contributed by atoms with Crippen LogP contribution in [0.25, 0.3) is 0 Å². The van der Waals surface area contributed by atoms with Gasteiger partial charge in [-0.05, 0) is 45.1 Å². The highest BCUT2D eigenvalue weighted by atomic mass is 16.5. The van der Waals surface area contributed by atoms with Crippen LogP contribution in [0, 0.1) is 5.92 Å². The van der Waals surface area contributed by atoms with Gasteiger partial charge in [0.15, 0.2) is 0 Å². The summed E-state index contributed by atoms with van der Waals surface area (Å²) in [4.78, 5) is 4.40. The fraction of sp³-hybridized carbons (Fsp3) is 0.706. The highest BCUT2D eigenvalue weighted by molar-refractivity contribution is 5.17. The van der Waals surface area contributed by atoms with Gasteiger partial charge < -0.3 is 10.1 Å². The van der Waals surface area contributed by atoms with Crippen LogP contribution in [0.5, 0.6) is 5.88 Å². The summed E-state index contributed by atoms with van der Waals surface area (Å²) in [7, 11) is 0. The first kappa shape index (κ1) is 15.3. The molecule has 1 saturated carbocycles. The smallest absolute Gasteiger partial charge is 0.213 e. The lowest BCUT2D eigenvalue weighted by molar-refractivity contribution is 0.203. The molecule has 0 radical (unpaired) electrons. The molecule has 0 unspecified atom stereocenters. The third kappa shape index (κ3) is 5.49. The summed E-state index contributed by atoms with van der Waals surface area (Å²) in [5.74, 6) is 1.49. The standard InChI is InChI=1S/C17H28N2O/c1-17(2,3)19-12-15-9-10-16(18-11-15)20-13-14-7-5-4-6-8-14/h9-11,14,19H,4-8,12-13H2,1-3H3. The predicted octanol–water partition coefficient (Wildman–Crippen LogP) is 3.93. The van der Waals surface area contributed by atoms with Crippen molar-refractivity contribution in [2.24, 2.45) is 5.92 Å². The molecule has 3 heteroatoms. The Balaban J connectivity index is 1.76. The number of hydrogen-bond acceptors (Lipinski definition) is 3. The molecule has 0 bridgehead atoms. The first-order chi connectivity index (χ1) is 9.53. The average Bonchev–Trinajstić information content (AvgIpc) is 2.44. The third-order valence-electron chi connectivity index (χ3n) is 3.81. The van der Waals surface area contributed by atoms with Crippen molar-refractivity contribution >= 4 is 0 Å². The van der Waals surface area contributed by atoms with Gasteiger partial charge in [0.1, 0.15) is 0 Å². The van der Waals surface area contributed by atoms with Crippen molar-refractivity contribution in [2.75, 3.05) is 6.61 Å². The Bertz CT molecular complexity index is 388. The van der Waals surface area contributed by atoms with Crippen LogP contribution in [0.1, 0.15) is 58.4 Å². The van der Waals surface area contributed by atoms with E-state index in [0.717, 1.165) is 24.9 Å². The van der Waals surface area contributed by atoms with Crippen LogP contribution in [0.3, 0.4) is 0 Å². The Morgan fingerprint density at radius 2 is 1.95 bits per heavy atom. The number of rotatable bonds is 5. The lowest BCUT2D eigenvalue weighted by Crippen LogP contribution is -2.35. The minimum Gasteiger partial charge on any atom is -0.477 e. The van der Waals surface area contributed by atoms with Crippen LogP contribution in [0.15, 0.2) is 18.3 Å². The van der Waals surface area contributed by atoms with E-state index in [0.29, 0.717) is 0 Å². The molecule has 1 aliphatic carbocycles. The number of nitrogens with one attached hydrogen (secondary N) is 1. The number of ether oxygens (including phenoxy) is 1. The summed E-state index contributed by atoms with van der Waals surface area (Å²) in [6.07, 6.45) is 8.65. The topological polar surface area (TPSA) is 34.1 Å². The molecule has 0 amide bonds. The highest BCUT2D eigenvalue weighted by Gasteiger charge is 2.14. The fourth-order valence-electron chi connectivity index (χ4n) is 2.53. The molecule has 1 aromatic rings. The van der Waals surface area contributed by atoms with Crippen molar-refractivity contribution in [1.29, 1.82) is 0 Å². The molecule has 1 heterocycles. The van der Waals surface area contributed by atoms with E-state index in [4.69, 9.17) is 4.74 Å². The maximum Gasteiger partial charge on any atom is 0.213 e. The Morgan fingerprint density at radius 3 is 2.55 bits per heavy atom. The quantitative estimate of drug-likeness (QED) is 0.885. The van der Waals surface area contributed by atoms with Gasteiger partial charge in [0.05, 0.1) is 6.61 Å². The van der Waals surface area contributed by atoms with Crippen LogP contribution in [-0.2, 0) is 6.54 Å². The van der Waals surface area contributed by atoms with Crippen LogP contribution in [0.4, 0.5) is 0 Å². The maximum atomic E-state index is 5.81. The van der Waals surface area contributed by atoms with Gasteiger partial charge in [-0.2, -0.15) is 0 Å². The first-order valence-electron chi connectivity index (χ1n) is 7.86. The Kier molecular flexibility index (Phi) is 5.41. The Morgan fingerprint density at radius 1 is 1.20 bits per heavy atom. The van der Waals surface area contributed by atoms with Gasteiger partial charge in [-0.3, -0.25) is 0 Å². The minimum atomic E-state index is 0.135. The number of aromatic nitrogens is 1. The lowest BCUT2D eigenvalue weighted by Gasteiger charge is -2.21. The molecule has 0 aliphatic heterocycles. The van der Waals surface area contributed by atoms with Crippen LogP contribution < -0.4 is 10.1 Å². The maximum absolute atomic E-state index is 5.81. The first-order valence-corrected chi connectivity index (χ1v) is 7.86. The second-order valence-electron chi connectivity index (χ2n) is 6.92. The van der Waals surface area contributed by atoms with Gasteiger partial charge in [0, 0.05) is 24.3 Å². The molecule has 0 aromatic carbocycles. The molecule has 1 fully saturated rings. The van der Waals surface area contributed by atoms with Gasteiger partial charge in [-0.15, -0.1) is 0 Å². The summed E-state index contributed by atoms with van der Waals surface area (Å²) in [6, 6.07) is 4.09. The number of pyridine rings is 1. The normalized spacial score (nSPS) is 17.1. The molecule has 112 valence electrons. The molecule has 1 aromatic heterocycles. The molecule has 2 rings (SSSR count). The fourth-order valence-corrected chi connectivity index (χ4v) is 2.53. The summed E-state index contributed by atoms with van der Waals surface area (Å²) < 4.78 is 5.81. The summed E-state index contributed by atoms with van der Waals surface area (Å²) in [6.45, 7) is 8.18. The van der Waals surface area contributed by atoms with Crippen LogP contribution in [-0.4, -0.2) is 17.1 Å². The summed E-state index contributed by atoms with van der Waals surface area (Å²) in [5.41, 5.74) is 1.33. The van der Waals surface area contributed by atoms with E-state index < -0.39 is 0 Å². The van der Waals surface area contributed by atoms with Gasteiger partial charge in [-0.1, -0.05) is 25.3 Å². The van der Waals surface area contributed by atoms with Crippen LogP contribution in [0.2, 0.25) is 0 Å². The van der Waals surface area contributed by atoms with Gasteiger partial charge in [-0.25, -0.2) is 4.98 Å². The average molecular weight is 276 g/mol. The van der Waals surface area contributed by atoms with E-state index in [9.17, 15) is 0 Å². The van der Waals surface area contributed by atoms with Gasteiger partial charge in [0.25, 0.3) is 0 Å². The van der Waals surface area contributed by atoms with Crippen molar-refractivity contribution in [2.45, 2.75) is 65.0 Å². The van der Waals surface area contributed by atoms with Crippen molar-refractivity contribution in [1.82, 2.24) is 10.3 Å². The summed E-state index contributed by atoms with van der Waals surface area (Å²) >= 11 is 0. The van der Waals surface area contributed by atoms with Crippen molar-refractivity contribution in [3.05, 3.63) is 23.9 Å². The second kappa shape index (κ2) is 7.07. The molecule has 20 heavy (non-hydrogen) atoms. The van der Waals surface area contributed by atoms with Crippen molar-refractivity contribution < 1.29 is 4.74 Å². The zero-order valence-corrected chi connectivity index (χ0v) is 13.1. The minimum absolute atomic E-state index is 0.135. The van der Waals surface area contributed by atoms with E-state index in [1.54, 1.807) is 0 Å². The molecule has 0 atom stereocenters. The van der Waals surface area contributed by atoms with Gasteiger partial charge in [0.2, 0.25) is 5.88 Å². The molecular formula is C17H28N2O. The molecule has 1 aliphatic rings. The second-order valence-corrected chi connectivity index (χ2v) is 6.92. The number of nitrogens with zero attached hydrogens (tertiary/aromatic N) is 1. The number of hydrogen-bond donors (Lipinski definition) is 1. The summed E-state index contributed by atoms with van der Waals surface area (Å²) in [5, 5.41) is 3.46. The van der Waals surface area contributed by atoms with E-state index in [1.165, 1.54) is 37.7 Å². The molecule has 0 spiro atoms. The monoisotopic (exact) mass is 276 g/mol. The third-order valence-corrected chi connectivity index (χ3v) is 3.81. The molecule has 1 N–H and O–H groups in total. The SMILES string of the molecule is CC(C)(C)NCc1ccc(OCC2CCCCC2)nc1. The van der Waals surface area contributed by atoms with E-state index in [2.05, 4.69) is 37.1 Å². The molecular weight excluding hydrogens is 248 g/mol. The zero-order chi connectivity index (χ0) is 14.4. The van der Waals surface area contributed by atoms with E-state index >= 15 is 0 Å². The van der Waals surface area contributed by atoms with Crippen molar-refractivity contribution in [3.8, 4) is 5.88 Å². The highest BCUT2D eigenvalue weighted by Crippen LogP contribution is 2.24. The Hall–Kier alpha value is -1.09. The molecule has 0 saturated heterocycles. The van der Waals surface area contributed by atoms with Crippen LogP contribution >= 0.6 is 0 Å². The predicted molar refractivity (Wildman–Crippen MR) is 82.9 cm³/mol. The van der Waals surface area contributed by atoms with E-state index in [-0.39, 0.29) is 5.54 Å². The largest absolute Gasteiger partial charge is 0.477 e. The Labute approximate surface area is 123 Å². The molecule has 3 nitrogen and oxygen atoms in total. The lowest BCUT2D eigenvalue weighted by atomic mass is 9.90. The van der Waals surface area contributed by atoms with Gasteiger partial charge >= 0.3 is 0 Å². The zero-order valence-electron chi connectivity index (χ0n) is 13.1. The van der Waals surface area contributed by atoms with E-state index in [1.807, 2.05) is 12.3 Å². The van der Waals surface area contributed by atoms with Crippen molar-refractivity contribution in [3.63, 3.8) is 0 Å².